The van der Waals surface area contributed by atoms with E-state index in [0.29, 0.717) is 29.7 Å². The molecule has 2 nitrogen and oxygen atoms in total. The van der Waals surface area contributed by atoms with Crippen molar-refractivity contribution in [2.45, 2.75) is 82.7 Å². The van der Waals surface area contributed by atoms with E-state index in [9.17, 15) is 0 Å². The third kappa shape index (κ3) is 9.95. The average molecular weight is 884 g/mol. The largest absolute Gasteiger partial charge is 0 e. The van der Waals surface area contributed by atoms with Crippen LogP contribution in [0.15, 0.2) is 91.3 Å². The topological polar surface area (TPSA) is 25.8 Å². The number of aromatic nitrogens is 2. The van der Waals surface area contributed by atoms with Crippen molar-refractivity contribution in [3.63, 3.8) is 0 Å². The van der Waals surface area contributed by atoms with Gasteiger partial charge in [0, 0.05) is 33.2 Å². The molecule has 0 N–H and O–H groups in total. The summed E-state index contributed by atoms with van der Waals surface area (Å²) >= 11 is -2.02. The van der Waals surface area contributed by atoms with Crippen LogP contribution in [0.3, 0.4) is 0 Å². The molecule has 1 aliphatic carbocycles. The van der Waals surface area contributed by atoms with Crippen LogP contribution in [0.25, 0.3) is 33.6 Å². The number of hydrogen-bond acceptors (Lipinski definition) is 2. The first-order valence-corrected chi connectivity index (χ1v) is 27.0. The first-order chi connectivity index (χ1) is 25.1. The summed E-state index contributed by atoms with van der Waals surface area (Å²) in [6, 6.07) is 31.3. The third-order valence-corrected chi connectivity index (χ3v) is 14.9. The Hall–Kier alpha value is -2.63. The zero-order valence-corrected chi connectivity index (χ0v) is 33.8. The second kappa shape index (κ2) is 16.2. The normalized spacial score (nSPS) is 16.8. The van der Waals surface area contributed by atoms with Crippen LogP contribution in [0.2, 0.25) is 36.9 Å². The second-order valence-electron chi connectivity index (χ2n) is 14.2. The van der Waals surface area contributed by atoms with Crippen molar-refractivity contribution in [3.8, 4) is 33.6 Å². The quantitative estimate of drug-likeness (QED) is 0.120. The zero-order chi connectivity index (χ0) is 39.7. The molecule has 247 valence electrons. The van der Waals surface area contributed by atoms with E-state index in [1.54, 1.807) is 6.07 Å². The third-order valence-electron chi connectivity index (χ3n) is 8.52. The minimum absolute atomic E-state index is 0. The van der Waals surface area contributed by atoms with Gasteiger partial charge in [-0.1, -0.05) is 57.5 Å². The Balaban J connectivity index is 0.000000330. The van der Waals surface area contributed by atoms with Crippen LogP contribution in [-0.4, -0.2) is 31.3 Å². The van der Waals surface area contributed by atoms with E-state index >= 15 is 0 Å². The van der Waals surface area contributed by atoms with Crippen LogP contribution >= 0.6 is 0 Å². The Kier molecular flexibility index (Phi) is 9.37. The molecular formula is C42H50GeIrN2Si-2. The fourth-order valence-corrected chi connectivity index (χ4v) is 9.07. The van der Waals surface area contributed by atoms with Crippen molar-refractivity contribution >= 4 is 30.9 Å². The number of benzene rings is 3. The van der Waals surface area contributed by atoms with Crippen LogP contribution in [0.5, 0.6) is 0 Å². The van der Waals surface area contributed by atoms with E-state index in [0.717, 1.165) is 29.7 Å². The predicted molar refractivity (Wildman–Crippen MR) is 204 cm³/mol. The number of rotatable bonds is 7. The molecular weight excluding hydrogens is 825 g/mol. The van der Waals surface area contributed by atoms with Crippen molar-refractivity contribution in [1.29, 1.82) is 0 Å². The standard InChI is InChI=1S/C28H34GeN.C14H16NSi.Ir/c1-20-16-24(12-15-27(20)23-10-13-26(14-11-23)29(3,4)5)28-18-25(21(2)19-30-28)17-22-8-6-7-9-22;1-16(2,3)13-9-10-14(15-11-13)12-7-5-4-6-8-12;/h10-11,13-16,18-19,22H,6-9,17H2,1-5H3;4-7,9-11H,1-3H3;/q2*-1;/i1D3,2D3,17D2;;. The van der Waals surface area contributed by atoms with Crippen LogP contribution < -0.4 is 9.58 Å². The molecule has 2 heterocycles. The fourth-order valence-electron chi connectivity index (χ4n) is 5.59. The van der Waals surface area contributed by atoms with Crippen molar-refractivity contribution in [3.05, 3.63) is 120 Å². The molecule has 1 radical (unpaired) electrons. The molecule has 47 heavy (non-hydrogen) atoms. The second-order valence-corrected chi connectivity index (χ2v) is 29.9. The minimum atomic E-state index is -2.52. The molecule has 0 amide bonds. The Morgan fingerprint density at radius 1 is 0.830 bits per heavy atom. The van der Waals surface area contributed by atoms with E-state index in [2.05, 4.69) is 83.3 Å². The van der Waals surface area contributed by atoms with Gasteiger partial charge in [0.15, 0.2) is 0 Å². The van der Waals surface area contributed by atoms with Crippen molar-refractivity contribution < 1.29 is 31.1 Å². The minimum Gasteiger partial charge on any atom is 0 e. The summed E-state index contributed by atoms with van der Waals surface area (Å²) in [5, 5.41) is 1.40. The van der Waals surface area contributed by atoms with Gasteiger partial charge in [-0.15, -0.1) is 35.9 Å². The summed E-state index contributed by atoms with van der Waals surface area (Å²) in [4.78, 5) is 8.86. The molecule has 5 aromatic rings. The van der Waals surface area contributed by atoms with Gasteiger partial charge in [0.2, 0.25) is 0 Å². The first kappa shape index (κ1) is 27.2. The van der Waals surface area contributed by atoms with Crippen molar-refractivity contribution in [1.82, 2.24) is 9.97 Å². The Morgan fingerprint density at radius 2 is 1.55 bits per heavy atom. The molecule has 5 heteroatoms. The Labute approximate surface area is 312 Å². The number of pyridine rings is 2. The molecule has 3 aromatic carbocycles. The monoisotopic (exact) mass is 885 g/mol. The molecule has 0 saturated heterocycles. The Bertz CT molecular complexity index is 2030. The van der Waals surface area contributed by atoms with Crippen LogP contribution in [0.1, 0.15) is 53.3 Å². The van der Waals surface area contributed by atoms with Gasteiger partial charge in [0.1, 0.15) is 0 Å². The molecule has 6 rings (SSSR count). The maximum Gasteiger partial charge on any atom is 0 e. The smallest absolute Gasteiger partial charge is 0 e. The summed E-state index contributed by atoms with van der Waals surface area (Å²) in [7, 11) is -1.23. The Morgan fingerprint density at radius 3 is 2.15 bits per heavy atom. The summed E-state index contributed by atoms with van der Waals surface area (Å²) in [6.45, 7) is 2.07. The van der Waals surface area contributed by atoms with Gasteiger partial charge in [0.05, 0.1) is 8.07 Å². The first-order valence-electron chi connectivity index (χ1n) is 20.2. The van der Waals surface area contributed by atoms with Crippen molar-refractivity contribution in [2.24, 2.45) is 5.92 Å². The van der Waals surface area contributed by atoms with Gasteiger partial charge in [0.25, 0.3) is 0 Å². The van der Waals surface area contributed by atoms with E-state index < -0.39 is 41.4 Å². The van der Waals surface area contributed by atoms with Gasteiger partial charge in [-0.2, -0.15) is 0 Å². The number of nitrogens with zero attached hydrogens (tertiary/aromatic N) is 2. The average Bonchev–Trinajstić information content (AvgIpc) is 3.67. The summed E-state index contributed by atoms with van der Waals surface area (Å²) in [6.07, 6.45) is 4.63. The van der Waals surface area contributed by atoms with Gasteiger partial charge in [-0.3, -0.25) is 0 Å². The van der Waals surface area contributed by atoms with E-state index in [-0.39, 0.29) is 42.7 Å². The van der Waals surface area contributed by atoms with E-state index in [1.165, 1.54) is 27.9 Å². The molecule has 1 fully saturated rings. The zero-order valence-electron chi connectivity index (χ0n) is 36.3. The number of hydrogen-bond donors (Lipinski definition) is 0. The summed E-state index contributed by atoms with van der Waals surface area (Å²) in [5.41, 5.74) is 4.26. The SMILES string of the molecule is C[Si](C)(C)c1ccc(-c2[c-]cccc2)nc1.[2H]C([2H])([2H])c1cc(-c2cc(C([2H])([2H])C3CCCC3)c(C([2H])([2H])[2H])cn2)[c-]cc1-c1cc[c]([Ge]([CH3])([CH3])[CH3])cc1.[Ir]. The molecule has 0 unspecified atom stereocenters. The molecule has 1 saturated carbocycles. The summed E-state index contributed by atoms with van der Waals surface area (Å²) < 4.78 is 67.7. The molecule has 0 spiro atoms. The van der Waals surface area contributed by atoms with Crippen LogP contribution in [0.4, 0.5) is 0 Å². The molecule has 1 aliphatic rings. The van der Waals surface area contributed by atoms with E-state index in [1.807, 2.05) is 42.6 Å². The maximum atomic E-state index is 8.89. The van der Waals surface area contributed by atoms with Gasteiger partial charge < -0.3 is 4.98 Å². The molecule has 0 aliphatic heterocycles. The summed E-state index contributed by atoms with van der Waals surface area (Å²) in [5.74, 6) is 6.64. The van der Waals surface area contributed by atoms with Crippen LogP contribution in [0, 0.1) is 31.8 Å². The molecule has 0 bridgehead atoms. The molecule has 2 aromatic heterocycles. The van der Waals surface area contributed by atoms with Gasteiger partial charge >= 0.3 is 151 Å². The molecule has 0 atom stereocenters. The fraction of sp³-hybridized carbons (Fsp3) is 0.333. The van der Waals surface area contributed by atoms with Crippen molar-refractivity contribution in [2.75, 3.05) is 0 Å². The van der Waals surface area contributed by atoms with E-state index in [4.69, 9.17) is 11.0 Å². The number of aryl methyl sites for hydroxylation is 2. The van der Waals surface area contributed by atoms with Gasteiger partial charge in [-0.25, -0.2) is 0 Å². The maximum absolute atomic E-state index is 8.89. The van der Waals surface area contributed by atoms with Gasteiger partial charge in [-0.05, 0) is 23.7 Å². The van der Waals surface area contributed by atoms with Crippen LogP contribution in [-0.2, 0) is 26.5 Å². The predicted octanol–water partition coefficient (Wildman–Crippen LogP) is 10.2.